The van der Waals surface area contributed by atoms with Crippen molar-refractivity contribution in [3.05, 3.63) is 29.8 Å². The summed E-state index contributed by atoms with van der Waals surface area (Å²) in [5.74, 6) is 0.460. The maximum Gasteiger partial charge on any atom is 0.234 e. The van der Waals surface area contributed by atoms with Crippen molar-refractivity contribution in [2.24, 2.45) is 5.41 Å². The predicted molar refractivity (Wildman–Crippen MR) is 71.6 cm³/mol. The van der Waals surface area contributed by atoms with Crippen molar-refractivity contribution in [3.8, 4) is 0 Å². The molecule has 0 bridgehead atoms. The Morgan fingerprint density at radius 1 is 1.47 bits per heavy atom. The summed E-state index contributed by atoms with van der Waals surface area (Å²) in [7, 11) is 0. The van der Waals surface area contributed by atoms with Crippen molar-refractivity contribution >= 4 is 23.2 Å². The van der Waals surface area contributed by atoms with Crippen molar-refractivity contribution in [3.63, 3.8) is 0 Å². The fourth-order valence-electron chi connectivity index (χ4n) is 2.26. The van der Waals surface area contributed by atoms with Crippen LogP contribution in [0.2, 0.25) is 0 Å². The van der Waals surface area contributed by atoms with E-state index in [0.717, 1.165) is 12.1 Å². The summed E-state index contributed by atoms with van der Waals surface area (Å²) in [4.78, 5) is 14.4. The Kier molecular flexibility index (Phi) is 3.17. The largest absolute Gasteiger partial charge is 0.309 e. The van der Waals surface area contributed by atoms with Gasteiger partial charge in [0.15, 0.2) is 0 Å². The number of hydrogen-bond acceptors (Lipinski definition) is 1. The molecule has 0 radical (unpaired) electrons. The molecule has 0 saturated heterocycles. The van der Waals surface area contributed by atoms with Crippen molar-refractivity contribution in [1.82, 2.24) is 0 Å². The highest BCUT2D eigenvalue weighted by Gasteiger charge is 2.38. The number of fused-ring (bicyclic) bond motifs is 1. The van der Waals surface area contributed by atoms with Gasteiger partial charge < -0.3 is 4.90 Å². The van der Waals surface area contributed by atoms with E-state index in [9.17, 15) is 4.79 Å². The van der Waals surface area contributed by atoms with E-state index < -0.39 is 5.41 Å². The molecule has 17 heavy (non-hydrogen) atoms. The molecule has 1 atom stereocenters. The quantitative estimate of drug-likeness (QED) is 0.739. The summed E-state index contributed by atoms with van der Waals surface area (Å²) in [6, 6.07) is 8.33. The number of carbonyl (C=O) groups is 1. The van der Waals surface area contributed by atoms with Crippen LogP contribution < -0.4 is 4.90 Å². The van der Waals surface area contributed by atoms with E-state index in [1.54, 1.807) is 0 Å². The number of rotatable bonds is 2. The molecule has 2 nitrogen and oxygen atoms in total. The summed E-state index contributed by atoms with van der Waals surface area (Å²) in [5.41, 5.74) is 1.79. The van der Waals surface area contributed by atoms with Gasteiger partial charge in [-0.05, 0) is 38.8 Å². The van der Waals surface area contributed by atoms with Gasteiger partial charge in [-0.15, -0.1) is 11.6 Å². The number of alkyl halides is 1. The van der Waals surface area contributed by atoms with Crippen LogP contribution in [0.15, 0.2) is 24.3 Å². The molecule has 1 heterocycles. The topological polar surface area (TPSA) is 20.3 Å². The number of nitrogens with zero attached hydrogens (tertiary/aromatic N) is 1. The molecule has 0 spiro atoms. The number of anilines is 1. The number of amides is 1. The van der Waals surface area contributed by atoms with Crippen LogP contribution in [0.4, 0.5) is 5.69 Å². The molecule has 1 unspecified atom stereocenters. The van der Waals surface area contributed by atoms with Crippen molar-refractivity contribution in [2.75, 3.05) is 10.8 Å². The third kappa shape index (κ3) is 2.06. The summed E-state index contributed by atoms with van der Waals surface area (Å²) in [6.45, 7) is 5.88. The third-order valence-corrected chi connectivity index (χ3v) is 4.01. The molecule has 1 aromatic carbocycles. The molecule has 0 aromatic heterocycles. The molecular formula is C14H18ClNO. The van der Waals surface area contributed by atoms with Gasteiger partial charge in [0.25, 0.3) is 0 Å². The van der Waals surface area contributed by atoms with Crippen LogP contribution in [-0.4, -0.2) is 17.8 Å². The van der Waals surface area contributed by atoms with Crippen LogP contribution in [0.25, 0.3) is 0 Å². The van der Waals surface area contributed by atoms with Crippen LogP contribution in [0, 0.1) is 5.41 Å². The Balaban J connectivity index is 2.37. The highest BCUT2D eigenvalue weighted by molar-refractivity contribution is 6.20. The third-order valence-electron chi connectivity index (χ3n) is 3.34. The van der Waals surface area contributed by atoms with Gasteiger partial charge >= 0.3 is 0 Å². The Labute approximate surface area is 108 Å². The molecule has 2 rings (SSSR count). The summed E-state index contributed by atoms with van der Waals surface area (Å²) in [6.07, 6.45) is 0.931. The van der Waals surface area contributed by atoms with Gasteiger partial charge in [0.05, 0.1) is 5.41 Å². The van der Waals surface area contributed by atoms with Crippen molar-refractivity contribution in [1.29, 1.82) is 0 Å². The van der Waals surface area contributed by atoms with Crippen LogP contribution in [0.3, 0.4) is 0 Å². The molecule has 92 valence electrons. The standard InChI is InChI=1S/C14H18ClNO/c1-10-8-11-6-4-5-7-12(11)16(10)13(17)14(2,3)9-15/h4-7,10H,8-9H2,1-3H3. The van der Waals surface area contributed by atoms with E-state index in [2.05, 4.69) is 13.0 Å². The Morgan fingerprint density at radius 3 is 2.76 bits per heavy atom. The lowest BCUT2D eigenvalue weighted by Crippen LogP contribution is -2.44. The number of benzene rings is 1. The van der Waals surface area contributed by atoms with Gasteiger partial charge in [0.1, 0.15) is 0 Å². The summed E-state index contributed by atoms with van der Waals surface area (Å²) in [5, 5.41) is 0. The van der Waals surface area contributed by atoms with Gasteiger partial charge in [-0.1, -0.05) is 18.2 Å². The zero-order valence-corrected chi connectivity index (χ0v) is 11.3. The molecule has 3 heteroatoms. The predicted octanol–water partition coefficient (Wildman–Crippen LogP) is 3.23. The molecule has 1 aliphatic rings. The maximum absolute atomic E-state index is 12.5. The van der Waals surface area contributed by atoms with Gasteiger partial charge in [0, 0.05) is 17.6 Å². The average molecular weight is 252 g/mol. The second kappa shape index (κ2) is 4.34. The van der Waals surface area contributed by atoms with E-state index in [1.165, 1.54) is 5.56 Å². The normalized spacial score (nSPS) is 19.3. The van der Waals surface area contributed by atoms with Crippen LogP contribution >= 0.6 is 11.6 Å². The minimum Gasteiger partial charge on any atom is -0.309 e. The molecule has 0 saturated carbocycles. The molecule has 0 aliphatic carbocycles. The molecule has 1 aliphatic heterocycles. The number of hydrogen-bond donors (Lipinski definition) is 0. The first-order valence-electron chi connectivity index (χ1n) is 5.95. The Bertz CT molecular complexity index is 442. The first kappa shape index (κ1) is 12.4. The van der Waals surface area contributed by atoms with E-state index in [-0.39, 0.29) is 11.9 Å². The van der Waals surface area contributed by atoms with Gasteiger partial charge in [-0.25, -0.2) is 0 Å². The molecule has 1 aromatic rings. The van der Waals surface area contributed by atoms with E-state index in [1.807, 2.05) is 36.9 Å². The van der Waals surface area contributed by atoms with Gasteiger partial charge in [-0.3, -0.25) is 4.79 Å². The monoisotopic (exact) mass is 251 g/mol. The lowest BCUT2D eigenvalue weighted by molar-refractivity contribution is -0.125. The van der Waals surface area contributed by atoms with Crippen molar-refractivity contribution < 1.29 is 4.79 Å². The zero-order chi connectivity index (χ0) is 12.6. The molecule has 0 fully saturated rings. The number of carbonyl (C=O) groups excluding carboxylic acids is 1. The average Bonchev–Trinajstić information content (AvgIpc) is 2.64. The number of para-hydroxylation sites is 1. The zero-order valence-electron chi connectivity index (χ0n) is 10.5. The minimum absolute atomic E-state index is 0.116. The lowest BCUT2D eigenvalue weighted by Gasteiger charge is -2.31. The molecule has 0 N–H and O–H groups in total. The molecule has 1 amide bonds. The van der Waals surface area contributed by atoms with Crippen molar-refractivity contribution in [2.45, 2.75) is 33.2 Å². The Morgan fingerprint density at radius 2 is 2.12 bits per heavy atom. The number of halogens is 1. The van der Waals surface area contributed by atoms with E-state index in [0.29, 0.717) is 5.88 Å². The second-order valence-electron chi connectivity index (χ2n) is 5.37. The van der Waals surface area contributed by atoms with Crippen LogP contribution in [0.1, 0.15) is 26.3 Å². The van der Waals surface area contributed by atoms with Crippen LogP contribution in [0.5, 0.6) is 0 Å². The summed E-state index contributed by atoms with van der Waals surface area (Å²) < 4.78 is 0. The van der Waals surface area contributed by atoms with E-state index in [4.69, 9.17) is 11.6 Å². The summed E-state index contributed by atoms with van der Waals surface area (Å²) >= 11 is 5.89. The first-order chi connectivity index (χ1) is 7.97. The van der Waals surface area contributed by atoms with E-state index >= 15 is 0 Å². The molecular weight excluding hydrogens is 234 g/mol. The fourth-order valence-corrected chi connectivity index (χ4v) is 2.37. The van der Waals surface area contributed by atoms with Crippen LogP contribution in [-0.2, 0) is 11.2 Å². The second-order valence-corrected chi connectivity index (χ2v) is 5.64. The lowest BCUT2D eigenvalue weighted by atomic mass is 9.94. The smallest absolute Gasteiger partial charge is 0.234 e. The van der Waals surface area contributed by atoms with Gasteiger partial charge in [-0.2, -0.15) is 0 Å². The highest BCUT2D eigenvalue weighted by Crippen LogP contribution is 2.35. The van der Waals surface area contributed by atoms with Gasteiger partial charge in [0.2, 0.25) is 5.91 Å². The SMILES string of the molecule is CC1Cc2ccccc2N1C(=O)C(C)(C)CCl. The highest BCUT2D eigenvalue weighted by atomic mass is 35.5. The minimum atomic E-state index is -0.507. The first-order valence-corrected chi connectivity index (χ1v) is 6.48. The Hall–Kier alpha value is -1.02. The maximum atomic E-state index is 12.5. The fraction of sp³-hybridized carbons (Fsp3) is 0.500.